The highest BCUT2D eigenvalue weighted by Crippen LogP contribution is 2.34. The quantitative estimate of drug-likeness (QED) is 0.0219. The molecule has 36 nitrogen and oxygen atoms in total. The van der Waals surface area contributed by atoms with Gasteiger partial charge in [-0.05, 0) is 76.3 Å². The van der Waals surface area contributed by atoms with Crippen LogP contribution in [0.4, 0.5) is 0 Å². The number of hydrogen-bond acceptors (Lipinski definition) is 24. The lowest BCUT2D eigenvalue weighted by Crippen LogP contribution is -2.19. The smallest absolute Gasteiger partial charge is 0.0999 e. The lowest BCUT2D eigenvalue weighted by atomic mass is 10.1. The Bertz CT molecular complexity index is 5640. The highest BCUT2D eigenvalue weighted by Gasteiger charge is 2.23. The number of rotatable bonds is 29. The Kier molecular flexibility index (Phi) is 25.3. The largest absolute Gasteiger partial charge is 0.394 e. The molecule has 16 aromatic heterocycles. The molecule has 2 unspecified atom stereocenters. The third kappa shape index (κ3) is 18.4. The van der Waals surface area contributed by atoms with E-state index in [1.165, 1.54) is 5.56 Å². The maximum atomic E-state index is 9.70. The van der Waals surface area contributed by atoms with Crippen LogP contribution >= 0.6 is 0 Å². The van der Waals surface area contributed by atoms with E-state index in [-0.39, 0.29) is 58.6 Å². The molecule has 0 amide bonds. The molecular formula is C81H94N28O8. The van der Waals surface area contributed by atoms with E-state index in [1.54, 1.807) is 111 Å². The fourth-order valence-corrected chi connectivity index (χ4v) is 13.1. The van der Waals surface area contributed by atoms with Gasteiger partial charge in [0.05, 0.1) is 250 Å². The molecule has 8 atom stereocenters. The number of nitrogens with zero attached hydrogens (tertiary/aromatic N) is 28. The van der Waals surface area contributed by atoms with Crippen LogP contribution in [0.1, 0.15) is 104 Å². The molecule has 17 rings (SSSR count). The Morgan fingerprint density at radius 2 is 0.538 bits per heavy atom. The van der Waals surface area contributed by atoms with E-state index in [9.17, 15) is 20.4 Å². The number of aliphatic hydroxyl groups excluding tert-OH is 8. The summed E-state index contributed by atoms with van der Waals surface area (Å²) in [6.45, 7) is 14.5. The van der Waals surface area contributed by atoms with Gasteiger partial charge in [-0.1, -0.05) is 58.0 Å². The summed E-state index contributed by atoms with van der Waals surface area (Å²) in [5.74, 6) is 0. The van der Waals surface area contributed by atoms with Gasteiger partial charge in [0.15, 0.2) is 0 Å². The van der Waals surface area contributed by atoms with Crippen molar-refractivity contribution < 1.29 is 40.9 Å². The molecule has 117 heavy (non-hydrogen) atoms. The van der Waals surface area contributed by atoms with Crippen molar-refractivity contribution in [2.75, 3.05) is 26.4 Å². The minimum atomic E-state index is -0.864. The molecular weight excluding hydrogens is 1490 g/mol. The van der Waals surface area contributed by atoms with E-state index >= 15 is 0 Å². The molecule has 0 aliphatic carbocycles. The SMILES string of the molecule is CCC(C)n1cc(-c2nc(-c3cnn(C[C@@H](O)CO)c3)cn3nccc23)cn1.CCC(c1ccccc1)n1cc(-c2nc(-c3cnn(C[C@@H](O)CO)c3)cn3nccc23)cn1.CC[C@@H](C)n1cc(-c2nc(-c3cnn(C[C@@H](O)CO)c3)cn3nccc23)cn1.CC[C@H](C)n1cc(-c2nc(-c3cnn(C[C@H](O)CO)c3)cn3nccc23)cn1. The average Bonchev–Trinajstić information content (AvgIpc) is 1.64. The summed E-state index contributed by atoms with van der Waals surface area (Å²) in [5, 5.41) is 127. The predicted octanol–water partition coefficient (Wildman–Crippen LogP) is 8.15. The van der Waals surface area contributed by atoms with Crippen molar-refractivity contribution in [3.63, 3.8) is 0 Å². The van der Waals surface area contributed by atoms with Gasteiger partial charge in [0.2, 0.25) is 0 Å². The lowest BCUT2D eigenvalue weighted by molar-refractivity contribution is 0.0782. The van der Waals surface area contributed by atoms with Crippen molar-refractivity contribution in [2.45, 2.75) is 149 Å². The minimum absolute atomic E-state index is 0.139. The van der Waals surface area contributed by atoms with Gasteiger partial charge in [0, 0.05) is 112 Å². The molecule has 1 aromatic carbocycles. The van der Waals surface area contributed by atoms with Crippen LogP contribution in [0.15, 0.2) is 203 Å². The molecule has 606 valence electrons. The zero-order chi connectivity index (χ0) is 81.8. The first-order chi connectivity index (χ1) is 56.9. The summed E-state index contributed by atoms with van der Waals surface area (Å²) in [6, 6.07) is 19.1. The number of fused-ring (bicyclic) bond motifs is 4. The highest BCUT2D eigenvalue weighted by atomic mass is 16.3. The normalized spacial score (nSPS) is 13.7. The van der Waals surface area contributed by atoms with Gasteiger partial charge in [-0.3, -0.25) is 37.5 Å². The molecule has 0 saturated heterocycles. The van der Waals surface area contributed by atoms with Crippen LogP contribution in [-0.4, -0.2) is 228 Å². The number of aromatic nitrogens is 28. The fraction of sp³-hybridized carbons (Fsp3) is 0.333. The summed E-state index contributed by atoms with van der Waals surface area (Å²) in [6.07, 6.45) is 44.2. The molecule has 0 aliphatic rings. The monoisotopic (exact) mass is 1590 g/mol. The first-order valence-electron chi connectivity index (χ1n) is 38.8. The van der Waals surface area contributed by atoms with Gasteiger partial charge < -0.3 is 40.9 Å². The Hall–Kier alpha value is -12.9. The minimum Gasteiger partial charge on any atom is -0.394 e. The molecule has 17 aromatic rings. The van der Waals surface area contributed by atoms with Crippen LogP contribution in [-0.2, 0) is 26.2 Å². The molecule has 0 radical (unpaired) electrons. The van der Waals surface area contributed by atoms with Gasteiger partial charge >= 0.3 is 0 Å². The Morgan fingerprint density at radius 1 is 0.282 bits per heavy atom. The lowest BCUT2D eigenvalue weighted by Gasteiger charge is -2.15. The van der Waals surface area contributed by atoms with E-state index in [4.69, 9.17) is 40.4 Å². The second-order valence-corrected chi connectivity index (χ2v) is 28.6. The van der Waals surface area contributed by atoms with Gasteiger partial charge in [0.1, 0.15) is 0 Å². The van der Waals surface area contributed by atoms with Gasteiger partial charge in [-0.25, -0.2) is 38.0 Å². The molecule has 36 heteroatoms. The van der Waals surface area contributed by atoms with Crippen molar-refractivity contribution in [2.24, 2.45) is 0 Å². The molecule has 0 spiro atoms. The van der Waals surface area contributed by atoms with E-state index in [0.29, 0.717) is 40.9 Å². The number of aliphatic hydroxyl groups is 8. The molecule has 0 fully saturated rings. The van der Waals surface area contributed by atoms with Crippen LogP contribution in [0, 0.1) is 0 Å². The first kappa shape index (κ1) is 80.7. The Balaban J connectivity index is 0.000000129. The van der Waals surface area contributed by atoms with Crippen LogP contribution in [0.2, 0.25) is 0 Å². The highest BCUT2D eigenvalue weighted by molar-refractivity contribution is 5.81. The van der Waals surface area contributed by atoms with E-state index in [1.807, 2.05) is 136 Å². The van der Waals surface area contributed by atoms with Crippen molar-refractivity contribution in [1.82, 2.24) is 137 Å². The molecule has 16 heterocycles. The predicted molar refractivity (Wildman–Crippen MR) is 434 cm³/mol. The standard InChI is InChI=1S/C24H25N7O2.3C19H23N7O2/c1-2-22(17-6-4-3-5-7-17)30-13-19(11-27-30)24-23-8-9-25-31(23)15-21(28-24)18-10-26-29(12-18)14-20(33)16-32;3*1-3-13(2)25-9-15(7-22-25)19-18-4-5-20-26(18)11-17(23-19)14-6-21-24(8-14)10-16(28)12-27/h3-13,15,20,22,32-33H,2,14,16H2,1H3;3*4-9,11,13,16,27-28H,3,10,12H2,1-2H3/t20-,22?;13?,16-;2*13-,16-/m1110/s1. The van der Waals surface area contributed by atoms with Crippen molar-refractivity contribution in [3.8, 4) is 90.1 Å². The number of benzene rings is 1. The van der Waals surface area contributed by atoms with E-state index < -0.39 is 24.4 Å². The van der Waals surface area contributed by atoms with Crippen molar-refractivity contribution in [3.05, 3.63) is 209 Å². The summed E-state index contributed by atoms with van der Waals surface area (Å²) in [7, 11) is 0. The van der Waals surface area contributed by atoms with Crippen molar-refractivity contribution in [1.29, 1.82) is 0 Å². The number of hydrogen-bond donors (Lipinski definition) is 8. The maximum Gasteiger partial charge on any atom is 0.0999 e. The maximum absolute atomic E-state index is 9.70. The zero-order valence-corrected chi connectivity index (χ0v) is 65.8. The molecule has 0 saturated carbocycles. The van der Waals surface area contributed by atoms with Crippen LogP contribution < -0.4 is 0 Å². The molecule has 8 N–H and O–H groups in total. The topological polar surface area (TPSA) is 425 Å². The second kappa shape index (κ2) is 36.7. The van der Waals surface area contributed by atoms with Gasteiger partial charge in [-0.15, -0.1) is 0 Å². The Morgan fingerprint density at radius 3 is 0.795 bits per heavy atom. The second-order valence-electron chi connectivity index (χ2n) is 28.6. The zero-order valence-electron chi connectivity index (χ0n) is 65.8. The summed E-state index contributed by atoms with van der Waals surface area (Å²) < 4.78 is 21.4. The molecule has 0 bridgehead atoms. The Labute approximate surface area is 670 Å². The van der Waals surface area contributed by atoms with E-state index in [0.717, 1.165) is 115 Å². The fourth-order valence-electron chi connectivity index (χ4n) is 13.1. The van der Waals surface area contributed by atoms with Crippen LogP contribution in [0.5, 0.6) is 0 Å². The third-order valence-electron chi connectivity index (χ3n) is 20.2. The third-order valence-corrected chi connectivity index (χ3v) is 20.2. The average molecular weight is 1590 g/mol. The van der Waals surface area contributed by atoms with E-state index in [2.05, 4.69) is 122 Å². The molecule has 0 aliphatic heterocycles. The summed E-state index contributed by atoms with van der Waals surface area (Å²) in [5.41, 5.74) is 17.7. The summed E-state index contributed by atoms with van der Waals surface area (Å²) in [4.78, 5) is 19.5. The van der Waals surface area contributed by atoms with Gasteiger partial charge in [-0.2, -0.15) is 61.2 Å². The summed E-state index contributed by atoms with van der Waals surface area (Å²) >= 11 is 0. The van der Waals surface area contributed by atoms with Crippen molar-refractivity contribution >= 4 is 22.1 Å². The van der Waals surface area contributed by atoms with Crippen LogP contribution in [0.25, 0.3) is 112 Å². The van der Waals surface area contributed by atoms with Crippen LogP contribution in [0.3, 0.4) is 0 Å². The first-order valence-corrected chi connectivity index (χ1v) is 38.8. The van der Waals surface area contributed by atoms with Gasteiger partial charge in [0.25, 0.3) is 0 Å².